The van der Waals surface area contributed by atoms with Crippen molar-refractivity contribution < 1.29 is 9.59 Å². The zero-order valence-corrected chi connectivity index (χ0v) is 32.0. The molecule has 280 valence electrons. The van der Waals surface area contributed by atoms with Gasteiger partial charge in [-0.15, -0.1) is 0 Å². The molecule has 6 aromatic carbocycles. The van der Waals surface area contributed by atoms with Gasteiger partial charge < -0.3 is 9.97 Å². The molecule has 5 heterocycles. The molecular formula is C54H32N4O2. The van der Waals surface area contributed by atoms with Crippen LogP contribution in [0.25, 0.3) is 32.7 Å². The lowest BCUT2D eigenvalue weighted by Gasteiger charge is -2.28. The maximum Gasteiger partial charge on any atom is 0.186 e. The zero-order chi connectivity index (χ0) is 39.7. The number of aliphatic imine (C=N–C) groups is 2. The summed E-state index contributed by atoms with van der Waals surface area (Å²) >= 11 is 0. The van der Waals surface area contributed by atoms with Crippen LogP contribution < -0.4 is 0 Å². The Balaban J connectivity index is 1.17. The second kappa shape index (κ2) is 11.8. The van der Waals surface area contributed by atoms with Crippen LogP contribution >= 0.6 is 0 Å². The number of hydrogen-bond donors (Lipinski definition) is 2. The first-order valence-electron chi connectivity index (χ1n) is 20.2. The smallest absolute Gasteiger partial charge is 0.186 e. The number of carbonyl (C=O) groups is 2. The lowest BCUT2D eigenvalue weighted by atomic mass is 9.71. The molecule has 5 aliphatic rings. The SMILES string of the molecule is O=C1c2cccc3cccc(c23)C12C1=N/C(=C(/c3ccccc3)c3ccc([nH]3)C3(C(=O)c4cccc5cccc3c45)c3ccc([nH]3)/C(c3ccccc3)=C3/C=CC2=N3)C=C1. The first-order chi connectivity index (χ1) is 29.6. The van der Waals surface area contributed by atoms with Crippen LogP contribution in [0.3, 0.4) is 0 Å². The number of allylic oxidation sites excluding steroid dienone is 4. The van der Waals surface area contributed by atoms with Crippen LogP contribution in [0.5, 0.6) is 0 Å². The van der Waals surface area contributed by atoms with Crippen molar-refractivity contribution in [1.29, 1.82) is 0 Å². The van der Waals surface area contributed by atoms with Gasteiger partial charge in [-0.1, -0.05) is 133 Å². The fraction of sp³-hybridized carbons (Fsp3) is 0.0370. The number of benzene rings is 6. The summed E-state index contributed by atoms with van der Waals surface area (Å²) in [5.74, 6) is -0.0513. The van der Waals surface area contributed by atoms with E-state index in [1.54, 1.807) is 0 Å². The Kier molecular flexibility index (Phi) is 6.51. The summed E-state index contributed by atoms with van der Waals surface area (Å²) in [6.45, 7) is 0. The molecule has 0 fully saturated rings. The van der Waals surface area contributed by atoms with Crippen molar-refractivity contribution >= 4 is 55.7 Å². The standard InChI is InChI=1S/C54H32N4O2/c59-51-35-19-7-15-31-17-9-21-37(47(31)35)53(51)43-27-23-39(55-43)49(33-11-3-1-4-12-33)40-24-28-44(56-40)54(38-22-10-18-32-16-8-20-36(48(32)38)52(54)60)46-30-26-42(58-46)50(34-13-5-2-6-14-34)41-25-29-45(53)57-41/h1-30,55,57H/b49-40-,50-42-. The van der Waals surface area contributed by atoms with Crippen LogP contribution in [-0.2, 0) is 10.8 Å². The summed E-state index contributed by atoms with van der Waals surface area (Å²) < 4.78 is 0. The molecule has 13 rings (SSSR count). The van der Waals surface area contributed by atoms with Gasteiger partial charge in [0.15, 0.2) is 11.6 Å². The second-order valence-electron chi connectivity index (χ2n) is 16.1. The van der Waals surface area contributed by atoms with E-state index >= 15 is 9.59 Å². The third-order valence-corrected chi connectivity index (χ3v) is 13.2. The summed E-state index contributed by atoms with van der Waals surface area (Å²) in [5, 5.41) is 3.90. The quantitative estimate of drug-likeness (QED) is 0.183. The number of fused-ring (bicyclic) bond motifs is 12. The van der Waals surface area contributed by atoms with Crippen molar-refractivity contribution in [1.82, 2.24) is 9.97 Å². The van der Waals surface area contributed by atoms with Gasteiger partial charge in [0.1, 0.15) is 10.8 Å². The molecule has 0 unspecified atom stereocenters. The Hall–Kier alpha value is -7.96. The van der Waals surface area contributed by atoms with E-state index in [4.69, 9.17) is 9.98 Å². The average Bonchev–Trinajstić information content (AvgIpc) is 4.17. The van der Waals surface area contributed by atoms with E-state index in [1.165, 1.54) is 0 Å². The molecule has 2 N–H and O–H groups in total. The summed E-state index contributed by atoms with van der Waals surface area (Å²) in [5.41, 5.74) is 9.94. The van der Waals surface area contributed by atoms with Crippen LogP contribution in [0.1, 0.15) is 65.7 Å². The van der Waals surface area contributed by atoms with Crippen molar-refractivity contribution in [2.75, 3.05) is 0 Å². The maximum atomic E-state index is 15.4. The number of hydrogen-bond acceptors (Lipinski definition) is 4. The van der Waals surface area contributed by atoms with Gasteiger partial charge in [-0.05, 0) is 92.4 Å². The highest BCUT2D eigenvalue weighted by molar-refractivity contribution is 6.46. The molecule has 6 heteroatoms. The molecule has 0 amide bonds. The van der Waals surface area contributed by atoms with Gasteiger partial charge in [-0.25, -0.2) is 0 Å². The third kappa shape index (κ3) is 4.07. The van der Waals surface area contributed by atoms with Crippen molar-refractivity contribution in [2.24, 2.45) is 9.98 Å². The summed E-state index contributed by atoms with van der Waals surface area (Å²) in [6.07, 6.45) is 8.03. The molecule has 0 saturated heterocycles. The first kappa shape index (κ1) is 33.1. The molecule has 2 aliphatic carbocycles. The summed E-state index contributed by atoms with van der Waals surface area (Å²) in [6, 6.07) is 52.9. The lowest BCUT2D eigenvalue weighted by molar-refractivity contribution is 0.0939. The number of aromatic nitrogens is 2. The molecule has 60 heavy (non-hydrogen) atoms. The second-order valence-corrected chi connectivity index (χ2v) is 16.1. The molecule has 0 saturated carbocycles. The molecular weight excluding hydrogens is 737 g/mol. The normalized spacial score (nSPS) is 23.2. The van der Waals surface area contributed by atoms with Gasteiger partial charge in [-0.3, -0.25) is 19.6 Å². The predicted octanol–water partition coefficient (Wildman–Crippen LogP) is 10.9. The molecule has 8 bridgehead atoms. The van der Waals surface area contributed by atoms with Crippen LogP contribution in [0, 0.1) is 0 Å². The largest absolute Gasteiger partial charge is 0.357 e. The molecule has 8 aromatic rings. The highest BCUT2D eigenvalue weighted by Crippen LogP contribution is 2.52. The topological polar surface area (TPSA) is 90.4 Å². The number of rotatable bonds is 2. The highest BCUT2D eigenvalue weighted by atomic mass is 16.1. The molecule has 6 nitrogen and oxygen atoms in total. The number of ketones is 2. The van der Waals surface area contributed by atoms with E-state index in [1.807, 2.05) is 97.1 Å². The van der Waals surface area contributed by atoms with E-state index in [9.17, 15) is 0 Å². The first-order valence-corrected chi connectivity index (χ1v) is 20.2. The van der Waals surface area contributed by atoms with Gasteiger partial charge in [0.05, 0.1) is 22.8 Å². The Morgan fingerprint density at radius 2 is 0.833 bits per heavy atom. The average molecular weight is 769 g/mol. The lowest BCUT2D eigenvalue weighted by Crippen LogP contribution is -2.46. The van der Waals surface area contributed by atoms with Crippen molar-refractivity contribution in [2.45, 2.75) is 10.8 Å². The molecule has 2 spiro atoms. The minimum absolute atomic E-state index is 0.00221. The highest BCUT2D eigenvalue weighted by Gasteiger charge is 2.56. The molecule has 0 radical (unpaired) electrons. The minimum atomic E-state index is -1.31. The summed E-state index contributed by atoms with van der Waals surface area (Å²) in [4.78, 5) is 49.5. The van der Waals surface area contributed by atoms with Gasteiger partial charge in [0.2, 0.25) is 0 Å². The number of nitrogens with one attached hydrogen (secondary N) is 2. The van der Waals surface area contributed by atoms with Gasteiger partial charge >= 0.3 is 0 Å². The summed E-state index contributed by atoms with van der Waals surface area (Å²) in [7, 11) is 0. The number of H-pyrrole nitrogens is 2. The van der Waals surface area contributed by atoms with Crippen molar-refractivity contribution in [3.63, 3.8) is 0 Å². The van der Waals surface area contributed by atoms with Crippen LogP contribution in [0.2, 0.25) is 0 Å². The van der Waals surface area contributed by atoms with Crippen LogP contribution in [0.15, 0.2) is 203 Å². The fourth-order valence-corrected chi connectivity index (χ4v) is 10.7. The van der Waals surface area contributed by atoms with Crippen molar-refractivity contribution in [3.8, 4) is 0 Å². The van der Waals surface area contributed by atoms with Crippen LogP contribution in [0.4, 0.5) is 0 Å². The van der Waals surface area contributed by atoms with Gasteiger partial charge in [0, 0.05) is 45.0 Å². The number of aromatic amines is 2. The molecule has 0 atom stereocenters. The van der Waals surface area contributed by atoms with Gasteiger partial charge in [0.25, 0.3) is 0 Å². The van der Waals surface area contributed by atoms with E-state index < -0.39 is 10.8 Å². The van der Waals surface area contributed by atoms with Gasteiger partial charge in [-0.2, -0.15) is 0 Å². The number of carbonyl (C=O) groups excluding carboxylic acids is 2. The van der Waals surface area contributed by atoms with E-state index in [-0.39, 0.29) is 11.6 Å². The third-order valence-electron chi connectivity index (χ3n) is 13.2. The Morgan fingerprint density at radius 1 is 0.400 bits per heavy atom. The molecule has 3 aliphatic heterocycles. The number of Topliss-reactive ketones (excluding diaryl/α,β-unsaturated/α-hetero) is 2. The monoisotopic (exact) mass is 768 g/mol. The Bertz CT molecular complexity index is 3320. The zero-order valence-electron chi connectivity index (χ0n) is 32.0. The predicted molar refractivity (Wildman–Crippen MR) is 238 cm³/mol. The van der Waals surface area contributed by atoms with Crippen LogP contribution in [-0.4, -0.2) is 33.0 Å². The van der Waals surface area contributed by atoms with Crippen molar-refractivity contribution in [3.05, 3.63) is 250 Å². The minimum Gasteiger partial charge on any atom is -0.357 e. The Labute approximate surface area is 344 Å². The van der Waals surface area contributed by atoms with E-state index in [0.29, 0.717) is 33.9 Å². The van der Waals surface area contributed by atoms with E-state index in [0.717, 1.165) is 77.7 Å². The van der Waals surface area contributed by atoms with E-state index in [2.05, 4.69) is 94.9 Å². The fourth-order valence-electron chi connectivity index (χ4n) is 10.7. The number of nitrogens with zero attached hydrogens (tertiary/aromatic N) is 2. The maximum absolute atomic E-state index is 15.4. The Morgan fingerprint density at radius 3 is 1.32 bits per heavy atom. The molecule has 2 aromatic heterocycles.